The highest BCUT2D eigenvalue weighted by Gasteiger charge is 2.12. The van der Waals surface area contributed by atoms with E-state index in [1.165, 1.54) is 17.7 Å². The third-order valence-corrected chi connectivity index (χ3v) is 3.48. The van der Waals surface area contributed by atoms with Crippen LogP contribution in [-0.2, 0) is 6.42 Å². The molecule has 2 aromatic rings. The normalized spacial score (nSPS) is 10.5. The second-order valence-electron chi connectivity index (χ2n) is 3.01. The average Bonchev–Trinajstić information content (AvgIpc) is 2.64. The molecule has 0 fully saturated rings. The Morgan fingerprint density at radius 2 is 2.40 bits per heavy atom. The zero-order chi connectivity index (χ0) is 10.8. The summed E-state index contributed by atoms with van der Waals surface area (Å²) in [5.74, 6) is 0. The summed E-state index contributed by atoms with van der Waals surface area (Å²) in [6.45, 7) is 1.93. The number of nitrogens with one attached hydrogen (secondary N) is 1. The van der Waals surface area contributed by atoms with Gasteiger partial charge in [-0.25, -0.2) is 4.98 Å². The van der Waals surface area contributed by atoms with E-state index in [9.17, 15) is 4.79 Å². The van der Waals surface area contributed by atoms with Crippen LogP contribution in [0.4, 0.5) is 0 Å². The lowest BCUT2D eigenvalue weighted by molar-refractivity contribution is 1.01. The molecule has 3 nitrogen and oxygen atoms in total. The standard InChI is InChI=1S/C10H9ClN2OS/c1-2-6-8(12-5-13-10(6)14)9-7(11)3-4-15-9/h3-5H,2H2,1H3,(H,12,13,14). The third-order valence-electron chi connectivity index (χ3n) is 2.14. The number of aromatic nitrogens is 2. The number of thiophene rings is 1. The SMILES string of the molecule is CCc1c(-c2sccc2Cl)nc[nH]c1=O. The van der Waals surface area contributed by atoms with E-state index < -0.39 is 0 Å². The Morgan fingerprint density at radius 3 is 3.00 bits per heavy atom. The van der Waals surface area contributed by atoms with Crippen LogP contribution in [0.15, 0.2) is 22.6 Å². The molecule has 0 atom stereocenters. The monoisotopic (exact) mass is 240 g/mol. The van der Waals surface area contributed by atoms with Gasteiger partial charge in [0.1, 0.15) is 0 Å². The number of nitrogens with zero attached hydrogens (tertiary/aromatic N) is 1. The smallest absolute Gasteiger partial charge is 0.254 e. The molecule has 2 rings (SSSR count). The summed E-state index contributed by atoms with van der Waals surface area (Å²) in [4.78, 5) is 19.2. The molecule has 0 aliphatic carbocycles. The first-order chi connectivity index (χ1) is 7.24. The number of hydrogen-bond donors (Lipinski definition) is 1. The Bertz CT molecular complexity index is 532. The van der Waals surface area contributed by atoms with Crippen LogP contribution in [0.25, 0.3) is 10.6 Å². The molecule has 78 valence electrons. The number of hydrogen-bond acceptors (Lipinski definition) is 3. The second-order valence-corrected chi connectivity index (χ2v) is 4.33. The van der Waals surface area contributed by atoms with Crippen molar-refractivity contribution < 1.29 is 0 Å². The highest BCUT2D eigenvalue weighted by atomic mass is 35.5. The fourth-order valence-corrected chi connectivity index (χ4v) is 2.58. The highest BCUT2D eigenvalue weighted by Crippen LogP contribution is 2.32. The topological polar surface area (TPSA) is 45.8 Å². The van der Waals surface area contributed by atoms with E-state index in [0.717, 1.165) is 4.88 Å². The molecule has 0 unspecified atom stereocenters. The third kappa shape index (κ3) is 1.82. The first-order valence-electron chi connectivity index (χ1n) is 4.54. The van der Waals surface area contributed by atoms with Gasteiger partial charge in [-0.3, -0.25) is 4.79 Å². The minimum absolute atomic E-state index is 0.0908. The molecule has 5 heteroatoms. The minimum Gasteiger partial charge on any atom is -0.313 e. The van der Waals surface area contributed by atoms with Crippen LogP contribution in [0.5, 0.6) is 0 Å². The van der Waals surface area contributed by atoms with E-state index in [2.05, 4.69) is 9.97 Å². The van der Waals surface area contributed by atoms with Crippen molar-refractivity contribution in [1.82, 2.24) is 9.97 Å². The van der Waals surface area contributed by atoms with E-state index >= 15 is 0 Å². The maximum atomic E-state index is 11.5. The molecule has 0 aliphatic heterocycles. The van der Waals surface area contributed by atoms with E-state index in [1.54, 1.807) is 0 Å². The number of aromatic amines is 1. The largest absolute Gasteiger partial charge is 0.313 e. The van der Waals surface area contributed by atoms with Gasteiger partial charge in [0.25, 0.3) is 5.56 Å². The predicted octanol–water partition coefficient (Wildman–Crippen LogP) is 2.71. The lowest BCUT2D eigenvalue weighted by Gasteiger charge is -2.03. The average molecular weight is 241 g/mol. The first kappa shape index (κ1) is 10.4. The summed E-state index contributed by atoms with van der Waals surface area (Å²) in [7, 11) is 0. The van der Waals surface area contributed by atoms with E-state index in [-0.39, 0.29) is 5.56 Å². The molecule has 0 aromatic carbocycles. The molecular formula is C10H9ClN2OS. The van der Waals surface area contributed by atoms with Crippen molar-refractivity contribution in [3.05, 3.63) is 38.7 Å². The number of rotatable bonds is 2. The number of halogens is 1. The van der Waals surface area contributed by atoms with Crippen molar-refractivity contribution in [3.8, 4) is 10.6 Å². The molecule has 0 spiro atoms. The van der Waals surface area contributed by atoms with E-state index in [4.69, 9.17) is 11.6 Å². The molecule has 1 N–H and O–H groups in total. The minimum atomic E-state index is -0.0908. The van der Waals surface area contributed by atoms with E-state index in [0.29, 0.717) is 22.7 Å². The van der Waals surface area contributed by atoms with Crippen LogP contribution in [0.1, 0.15) is 12.5 Å². The molecule has 0 radical (unpaired) electrons. The fraction of sp³-hybridized carbons (Fsp3) is 0.200. The first-order valence-corrected chi connectivity index (χ1v) is 5.79. The maximum Gasteiger partial charge on any atom is 0.254 e. The van der Waals surface area contributed by atoms with Gasteiger partial charge < -0.3 is 4.98 Å². The summed E-state index contributed by atoms with van der Waals surface area (Å²) >= 11 is 7.51. The predicted molar refractivity (Wildman–Crippen MR) is 62.6 cm³/mol. The van der Waals surface area contributed by atoms with Crippen molar-refractivity contribution in [2.24, 2.45) is 0 Å². The van der Waals surface area contributed by atoms with Crippen LogP contribution in [0.2, 0.25) is 5.02 Å². The molecule has 2 heterocycles. The Labute approximate surface area is 95.8 Å². The van der Waals surface area contributed by atoms with Crippen LogP contribution in [-0.4, -0.2) is 9.97 Å². The molecule has 0 saturated heterocycles. The van der Waals surface area contributed by atoms with Gasteiger partial charge in [-0.2, -0.15) is 0 Å². The van der Waals surface area contributed by atoms with Crippen molar-refractivity contribution in [2.45, 2.75) is 13.3 Å². The van der Waals surface area contributed by atoms with Gasteiger partial charge in [0.15, 0.2) is 0 Å². The molecule has 0 amide bonds. The quantitative estimate of drug-likeness (QED) is 0.877. The van der Waals surface area contributed by atoms with Gasteiger partial charge in [-0.15, -0.1) is 11.3 Å². The van der Waals surface area contributed by atoms with Crippen molar-refractivity contribution in [1.29, 1.82) is 0 Å². The lowest BCUT2D eigenvalue weighted by atomic mass is 10.1. The molecule has 0 bridgehead atoms. The van der Waals surface area contributed by atoms with Crippen LogP contribution >= 0.6 is 22.9 Å². The van der Waals surface area contributed by atoms with Crippen molar-refractivity contribution >= 4 is 22.9 Å². The lowest BCUT2D eigenvalue weighted by Crippen LogP contribution is -2.13. The summed E-state index contributed by atoms with van der Waals surface area (Å²) in [6, 6.07) is 1.81. The van der Waals surface area contributed by atoms with Gasteiger partial charge in [0, 0.05) is 5.56 Å². The van der Waals surface area contributed by atoms with Crippen molar-refractivity contribution in [2.75, 3.05) is 0 Å². The summed E-state index contributed by atoms with van der Waals surface area (Å²) in [6.07, 6.45) is 2.06. The van der Waals surface area contributed by atoms with Crippen LogP contribution in [0, 0.1) is 0 Å². The van der Waals surface area contributed by atoms with Gasteiger partial charge in [-0.05, 0) is 17.9 Å². The van der Waals surface area contributed by atoms with Gasteiger partial charge in [0.05, 0.1) is 21.9 Å². The highest BCUT2D eigenvalue weighted by molar-refractivity contribution is 7.14. The van der Waals surface area contributed by atoms with Gasteiger partial charge in [0.2, 0.25) is 0 Å². The molecule has 0 saturated carbocycles. The van der Waals surface area contributed by atoms with Crippen molar-refractivity contribution in [3.63, 3.8) is 0 Å². The maximum absolute atomic E-state index is 11.5. The summed E-state index contributed by atoms with van der Waals surface area (Å²) in [5.41, 5.74) is 1.29. The second kappa shape index (κ2) is 4.16. The molecular weight excluding hydrogens is 232 g/mol. The summed E-state index contributed by atoms with van der Waals surface area (Å²) < 4.78 is 0. The Kier molecular flexibility index (Phi) is 2.88. The molecule has 0 aliphatic rings. The Balaban J connectivity index is 2.68. The van der Waals surface area contributed by atoms with E-state index in [1.807, 2.05) is 18.4 Å². The number of H-pyrrole nitrogens is 1. The summed E-state index contributed by atoms with van der Waals surface area (Å²) in [5, 5.41) is 2.53. The van der Waals surface area contributed by atoms with Gasteiger partial charge in [-0.1, -0.05) is 18.5 Å². The Morgan fingerprint density at radius 1 is 1.60 bits per heavy atom. The molecule has 15 heavy (non-hydrogen) atoms. The molecule has 2 aromatic heterocycles. The zero-order valence-corrected chi connectivity index (χ0v) is 9.65. The van der Waals surface area contributed by atoms with Gasteiger partial charge >= 0.3 is 0 Å². The van der Waals surface area contributed by atoms with Crippen LogP contribution < -0.4 is 5.56 Å². The zero-order valence-electron chi connectivity index (χ0n) is 8.08. The Hall–Kier alpha value is -1.13. The van der Waals surface area contributed by atoms with Crippen LogP contribution in [0.3, 0.4) is 0 Å². The fourth-order valence-electron chi connectivity index (χ4n) is 1.41.